The number of anilines is 1. The zero-order chi connectivity index (χ0) is 16.7. The molecule has 4 rings (SSSR count). The van der Waals surface area contributed by atoms with Crippen molar-refractivity contribution in [3.05, 3.63) is 36.0 Å². The molecule has 7 heteroatoms. The van der Waals surface area contributed by atoms with Crippen LogP contribution in [-0.4, -0.2) is 53.1 Å². The van der Waals surface area contributed by atoms with Gasteiger partial charge in [-0.15, -0.1) is 0 Å². The number of piperazine rings is 1. The maximum Gasteiger partial charge on any atom is 0.156 e. The zero-order valence-electron chi connectivity index (χ0n) is 13.2. The fraction of sp³-hybridized carbons (Fsp3) is 0.294. The van der Waals surface area contributed by atoms with Gasteiger partial charge in [-0.1, -0.05) is 0 Å². The van der Waals surface area contributed by atoms with E-state index in [0.29, 0.717) is 10.9 Å². The van der Waals surface area contributed by atoms with Gasteiger partial charge in [-0.05, 0) is 13.1 Å². The molecule has 0 bridgehead atoms. The average Bonchev–Trinajstić information content (AvgIpc) is 2.61. The van der Waals surface area contributed by atoms with Gasteiger partial charge in [0, 0.05) is 49.2 Å². The van der Waals surface area contributed by atoms with Gasteiger partial charge < -0.3 is 9.80 Å². The van der Waals surface area contributed by atoms with Crippen LogP contribution in [-0.2, 0) is 0 Å². The predicted octanol–water partition coefficient (Wildman–Crippen LogP) is 1.94. The lowest BCUT2D eigenvalue weighted by Gasteiger charge is -2.33. The van der Waals surface area contributed by atoms with Crippen LogP contribution in [0, 0.1) is 17.1 Å². The fourth-order valence-corrected chi connectivity index (χ4v) is 3.07. The largest absolute Gasteiger partial charge is 0.352 e. The molecule has 120 valence electrons. The quantitative estimate of drug-likeness (QED) is 0.638. The van der Waals surface area contributed by atoms with E-state index in [1.54, 1.807) is 6.20 Å². The first kappa shape index (κ1) is 14.7. The molecule has 0 spiro atoms. The molecule has 1 aliphatic heterocycles. The molecule has 0 aliphatic carbocycles. The van der Waals surface area contributed by atoms with Crippen LogP contribution in [0.4, 0.5) is 10.2 Å². The third-order valence-electron chi connectivity index (χ3n) is 4.45. The van der Waals surface area contributed by atoms with Gasteiger partial charge in [-0.25, -0.2) is 19.3 Å². The summed E-state index contributed by atoms with van der Waals surface area (Å²) in [5.74, 6) is 0.190. The van der Waals surface area contributed by atoms with E-state index in [-0.39, 0.29) is 5.56 Å². The zero-order valence-corrected chi connectivity index (χ0v) is 13.2. The van der Waals surface area contributed by atoms with Crippen molar-refractivity contribution in [2.45, 2.75) is 0 Å². The number of pyridine rings is 1. The molecule has 0 N–H and O–H groups in total. The topological polar surface area (TPSA) is 68.9 Å². The predicted molar refractivity (Wildman–Crippen MR) is 89.2 cm³/mol. The van der Waals surface area contributed by atoms with E-state index < -0.39 is 5.82 Å². The molecule has 3 aromatic rings. The summed E-state index contributed by atoms with van der Waals surface area (Å²) < 4.78 is 14.0. The van der Waals surface area contributed by atoms with Crippen LogP contribution in [0.5, 0.6) is 0 Å². The Kier molecular flexibility index (Phi) is 3.47. The van der Waals surface area contributed by atoms with Gasteiger partial charge >= 0.3 is 0 Å². The Hall–Kier alpha value is -2.85. The first-order chi connectivity index (χ1) is 11.7. The van der Waals surface area contributed by atoms with Gasteiger partial charge in [0.2, 0.25) is 0 Å². The van der Waals surface area contributed by atoms with Crippen LogP contribution in [0.3, 0.4) is 0 Å². The normalized spacial score (nSPS) is 15.8. The van der Waals surface area contributed by atoms with Crippen molar-refractivity contribution >= 4 is 27.6 Å². The molecule has 1 aliphatic rings. The Morgan fingerprint density at radius 3 is 2.71 bits per heavy atom. The van der Waals surface area contributed by atoms with Crippen molar-refractivity contribution in [1.29, 1.82) is 5.26 Å². The minimum absolute atomic E-state index is 0.00167. The summed E-state index contributed by atoms with van der Waals surface area (Å²) >= 11 is 0. The smallest absolute Gasteiger partial charge is 0.156 e. The summed E-state index contributed by atoms with van der Waals surface area (Å²) in [5.41, 5.74) is 1.25. The van der Waals surface area contributed by atoms with Gasteiger partial charge in [-0.3, -0.25) is 0 Å². The van der Waals surface area contributed by atoms with Crippen LogP contribution in [0.15, 0.2) is 24.7 Å². The number of hydrogen-bond acceptors (Lipinski definition) is 6. The molecule has 0 radical (unpaired) electrons. The van der Waals surface area contributed by atoms with E-state index in [1.807, 2.05) is 6.07 Å². The first-order valence-electron chi connectivity index (χ1n) is 7.74. The molecular formula is C17H15FN6. The molecule has 0 amide bonds. The first-order valence-corrected chi connectivity index (χ1v) is 7.74. The molecule has 1 saturated heterocycles. The van der Waals surface area contributed by atoms with Gasteiger partial charge in [0.15, 0.2) is 5.82 Å². The number of aromatic nitrogens is 3. The number of rotatable bonds is 1. The highest BCUT2D eigenvalue weighted by Gasteiger charge is 2.20. The lowest BCUT2D eigenvalue weighted by molar-refractivity contribution is 0.312. The van der Waals surface area contributed by atoms with E-state index in [9.17, 15) is 4.39 Å². The standard InChI is InChI=1S/C17H15FN6/c1-23-2-4-24(5-3-23)17-16-13(9-20-10-21-16)12-6-11(8-19)14(18)7-15(12)22-17/h6-7,9-10H,2-5H2,1H3. The molecule has 1 aromatic carbocycles. The second-order valence-electron chi connectivity index (χ2n) is 5.97. The Morgan fingerprint density at radius 2 is 1.96 bits per heavy atom. The van der Waals surface area contributed by atoms with Crippen molar-refractivity contribution < 1.29 is 4.39 Å². The van der Waals surface area contributed by atoms with Crippen LogP contribution in [0.2, 0.25) is 0 Å². The van der Waals surface area contributed by atoms with Crippen molar-refractivity contribution in [2.75, 3.05) is 38.1 Å². The summed E-state index contributed by atoms with van der Waals surface area (Å²) in [6.07, 6.45) is 3.19. The van der Waals surface area contributed by atoms with Crippen molar-refractivity contribution in [1.82, 2.24) is 19.9 Å². The number of fused-ring (bicyclic) bond motifs is 3. The second kappa shape index (κ2) is 5.65. The number of halogens is 1. The molecule has 1 fully saturated rings. The van der Waals surface area contributed by atoms with E-state index in [0.717, 1.165) is 42.9 Å². The Bertz CT molecular complexity index is 972. The number of nitrogens with zero attached hydrogens (tertiary/aromatic N) is 6. The van der Waals surface area contributed by atoms with Gasteiger partial charge in [0.05, 0.1) is 11.1 Å². The minimum atomic E-state index is -0.557. The van der Waals surface area contributed by atoms with Gasteiger partial charge in [0.25, 0.3) is 0 Å². The third-order valence-corrected chi connectivity index (χ3v) is 4.45. The van der Waals surface area contributed by atoms with E-state index in [4.69, 9.17) is 5.26 Å². The van der Waals surface area contributed by atoms with Crippen molar-refractivity contribution in [3.8, 4) is 6.07 Å². The maximum atomic E-state index is 14.0. The summed E-state index contributed by atoms with van der Waals surface area (Å²) in [6, 6.07) is 4.72. The fourth-order valence-electron chi connectivity index (χ4n) is 3.07. The number of benzene rings is 1. The monoisotopic (exact) mass is 322 g/mol. The Morgan fingerprint density at radius 1 is 1.17 bits per heavy atom. The van der Waals surface area contributed by atoms with Crippen LogP contribution < -0.4 is 4.90 Å². The molecule has 2 aromatic heterocycles. The number of likely N-dealkylation sites (N-methyl/N-ethyl adjacent to an activating group) is 1. The average molecular weight is 322 g/mol. The van der Waals surface area contributed by atoms with Crippen LogP contribution in [0.25, 0.3) is 21.8 Å². The molecule has 0 unspecified atom stereocenters. The molecular weight excluding hydrogens is 307 g/mol. The minimum Gasteiger partial charge on any atom is -0.352 e. The van der Waals surface area contributed by atoms with E-state index in [2.05, 4.69) is 31.8 Å². The number of hydrogen-bond donors (Lipinski definition) is 0. The van der Waals surface area contributed by atoms with E-state index in [1.165, 1.54) is 18.5 Å². The SMILES string of the molecule is CN1CCN(c2nc3cc(F)c(C#N)cc3c3cncnc23)CC1. The highest BCUT2D eigenvalue weighted by molar-refractivity contribution is 6.08. The second-order valence-corrected chi connectivity index (χ2v) is 5.97. The lowest BCUT2D eigenvalue weighted by Crippen LogP contribution is -2.45. The Balaban J connectivity index is 1.98. The lowest BCUT2D eigenvalue weighted by atomic mass is 10.1. The van der Waals surface area contributed by atoms with Crippen molar-refractivity contribution in [2.24, 2.45) is 0 Å². The van der Waals surface area contributed by atoms with E-state index >= 15 is 0 Å². The number of nitriles is 1. The van der Waals surface area contributed by atoms with Gasteiger partial charge in [0.1, 0.15) is 23.7 Å². The third kappa shape index (κ3) is 2.32. The Labute approximate surface area is 138 Å². The summed E-state index contributed by atoms with van der Waals surface area (Å²) in [5, 5.41) is 10.6. The van der Waals surface area contributed by atoms with Crippen LogP contribution >= 0.6 is 0 Å². The van der Waals surface area contributed by atoms with Crippen LogP contribution in [0.1, 0.15) is 5.56 Å². The highest BCUT2D eigenvalue weighted by atomic mass is 19.1. The molecule has 6 nitrogen and oxygen atoms in total. The molecule has 0 atom stereocenters. The molecule has 3 heterocycles. The van der Waals surface area contributed by atoms with Gasteiger partial charge in [-0.2, -0.15) is 5.26 Å². The molecule has 24 heavy (non-hydrogen) atoms. The summed E-state index contributed by atoms with van der Waals surface area (Å²) in [4.78, 5) is 17.6. The molecule has 0 saturated carbocycles. The summed E-state index contributed by atoms with van der Waals surface area (Å²) in [6.45, 7) is 3.56. The highest BCUT2D eigenvalue weighted by Crippen LogP contribution is 2.31. The maximum absolute atomic E-state index is 14.0. The summed E-state index contributed by atoms with van der Waals surface area (Å²) in [7, 11) is 2.09. The van der Waals surface area contributed by atoms with Crippen molar-refractivity contribution in [3.63, 3.8) is 0 Å².